The molecule has 0 atom stereocenters. The van der Waals surface area contributed by atoms with Crippen molar-refractivity contribution in [1.29, 1.82) is 0 Å². The number of rotatable bonds is 4. The summed E-state index contributed by atoms with van der Waals surface area (Å²) in [5.41, 5.74) is 0.590. The molecule has 2 heterocycles. The number of aromatic nitrogens is 2. The van der Waals surface area contributed by atoms with Crippen LogP contribution in [0.1, 0.15) is 44.9 Å². The monoisotopic (exact) mass is 303 g/mol. The van der Waals surface area contributed by atoms with Crippen LogP contribution in [-0.2, 0) is 6.54 Å². The highest BCUT2D eigenvalue weighted by Gasteiger charge is 2.39. The van der Waals surface area contributed by atoms with Gasteiger partial charge in [-0.3, -0.25) is 4.99 Å². The Morgan fingerprint density at radius 2 is 2.14 bits per heavy atom. The summed E-state index contributed by atoms with van der Waals surface area (Å²) in [4.78, 5) is 11.0. The Morgan fingerprint density at radius 1 is 1.27 bits per heavy atom. The lowest BCUT2D eigenvalue weighted by atomic mass is 9.73. The molecule has 1 aromatic heterocycles. The maximum Gasteiger partial charge on any atom is 0.193 e. The molecule has 1 saturated carbocycles. The standard InChI is InChI=1S/C17H29N5/c1-18-16(20-9-5-11-21-13-10-19-15-21)22-12-8-17(14-22)6-3-2-4-7-17/h10,13,15H,2-9,11-12,14H2,1H3,(H,18,20). The van der Waals surface area contributed by atoms with Crippen LogP contribution in [0.5, 0.6) is 0 Å². The molecule has 0 aromatic carbocycles. The van der Waals surface area contributed by atoms with Gasteiger partial charge in [-0.25, -0.2) is 4.98 Å². The third-order valence-corrected chi connectivity index (χ3v) is 5.30. The first-order valence-corrected chi connectivity index (χ1v) is 8.73. The van der Waals surface area contributed by atoms with E-state index in [-0.39, 0.29) is 0 Å². The summed E-state index contributed by atoms with van der Waals surface area (Å²) < 4.78 is 2.12. The summed E-state index contributed by atoms with van der Waals surface area (Å²) in [6.45, 7) is 4.34. The molecule has 122 valence electrons. The molecule has 1 aromatic rings. The molecule has 1 N–H and O–H groups in total. The number of aliphatic imine (C=N–C) groups is 1. The van der Waals surface area contributed by atoms with E-state index in [1.807, 2.05) is 25.8 Å². The molecule has 0 bridgehead atoms. The molecule has 22 heavy (non-hydrogen) atoms. The highest BCUT2D eigenvalue weighted by atomic mass is 15.3. The van der Waals surface area contributed by atoms with Crippen LogP contribution in [0.3, 0.4) is 0 Å². The molecule has 1 saturated heterocycles. The van der Waals surface area contributed by atoms with Crippen LogP contribution in [0.15, 0.2) is 23.7 Å². The quantitative estimate of drug-likeness (QED) is 0.528. The number of hydrogen-bond acceptors (Lipinski definition) is 2. The number of nitrogens with zero attached hydrogens (tertiary/aromatic N) is 4. The number of likely N-dealkylation sites (tertiary alicyclic amines) is 1. The Bertz CT molecular complexity index is 473. The fraction of sp³-hybridized carbons (Fsp3) is 0.765. The van der Waals surface area contributed by atoms with Gasteiger partial charge in [0.15, 0.2) is 5.96 Å². The van der Waals surface area contributed by atoms with Gasteiger partial charge in [-0.05, 0) is 31.1 Å². The first-order chi connectivity index (χ1) is 10.8. The normalized spacial score (nSPS) is 21.5. The van der Waals surface area contributed by atoms with E-state index < -0.39 is 0 Å². The average molecular weight is 303 g/mol. The molecule has 0 radical (unpaired) electrons. The summed E-state index contributed by atoms with van der Waals surface area (Å²) in [5.74, 6) is 1.09. The first kappa shape index (κ1) is 15.4. The highest BCUT2D eigenvalue weighted by Crippen LogP contribution is 2.43. The van der Waals surface area contributed by atoms with Crippen LogP contribution in [0.25, 0.3) is 0 Å². The zero-order chi connectivity index (χ0) is 15.3. The highest BCUT2D eigenvalue weighted by molar-refractivity contribution is 5.80. The predicted molar refractivity (Wildman–Crippen MR) is 89.9 cm³/mol. The van der Waals surface area contributed by atoms with Gasteiger partial charge >= 0.3 is 0 Å². The number of imidazole rings is 1. The van der Waals surface area contributed by atoms with Crippen LogP contribution in [0.4, 0.5) is 0 Å². The van der Waals surface area contributed by atoms with E-state index in [4.69, 9.17) is 0 Å². The lowest BCUT2D eigenvalue weighted by Gasteiger charge is -2.33. The molecule has 5 nitrogen and oxygen atoms in total. The van der Waals surface area contributed by atoms with Gasteiger partial charge in [0.2, 0.25) is 0 Å². The number of hydrogen-bond donors (Lipinski definition) is 1. The van der Waals surface area contributed by atoms with Crippen LogP contribution in [0.2, 0.25) is 0 Å². The zero-order valence-corrected chi connectivity index (χ0v) is 13.8. The number of aryl methyl sites for hydroxylation is 1. The number of nitrogens with one attached hydrogen (secondary N) is 1. The summed E-state index contributed by atoms with van der Waals surface area (Å²) in [6, 6.07) is 0. The SMILES string of the molecule is CN=C(NCCCn1ccnc1)N1CCC2(CCCCC2)C1. The molecule has 0 amide bonds. The van der Waals surface area contributed by atoms with Crippen molar-refractivity contribution in [2.24, 2.45) is 10.4 Å². The van der Waals surface area contributed by atoms with Crippen LogP contribution in [-0.4, -0.2) is 47.1 Å². The molecule has 1 aliphatic carbocycles. The Labute approximate surface area is 133 Å². The third kappa shape index (κ3) is 3.62. The molecular formula is C17H29N5. The number of guanidine groups is 1. The minimum absolute atomic E-state index is 0.590. The van der Waals surface area contributed by atoms with Crippen LogP contribution < -0.4 is 5.32 Å². The second-order valence-electron chi connectivity index (χ2n) is 6.86. The van der Waals surface area contributed by atoms with Crippen LogP contribution in [0, 0.1) is 5.41 Å². The van der Waals surface area contributed by atoms with Crippen LogP contribution >= 0.6 is 0 Å². The van der Waals surface area contributed by atoms with Gasteiger partial charge in [-0.2, -0.15) is 0 Å². The van der Waals surface area contributed by atoms with Crippen molar-refractivity contribution in [3.8, 4) is 0 Å². The molecule has 5 heteroatoms. The van der Waals surface area contributed by atoms with Gasteiger partial charge in [0, 0.05) is 45.6 Å². The van der Waals surface area contributed by atoms with E-state index >= 15 is 0 Å². The van der Waals surface area contributed by atoms with E-state index in [9.17, 15) is 0 Å². The van der Waals surface area contributed by atoms with Crippen molar-refractivity contribution in [2.75, 3.05) is 26.7 Å². The topological polar surface area (TPSA) is 45.5 Å². The molecule has 0 unspecified atom stereocenters. The van der Waals surface area contributed by atoms with E-state index in [0.29, 0.717) is 5.41 Å². The lowest BCUT2D eigenvalue weighted by Crippen LogP contribution is -2.42. The van der Waals surface area contributed by atoms with Crippen molar-refractivity contribution in [2.45, 2.75) is 51.5 Å². The average Bonchev–Trinajstić information content (AvgIpc) is 3.19. The smallest absolute Gasteiger partial charge is 0.193 e. The molecule has 1 spiro atoms. The fourth-order valence-electron chi connectivity index (χ4n) is 4.04. The van der Waals surface area contributed by atoms with E-state index in [2.05, 4.69) is 24.8 Å². The van der Waals surface area contributed by atoms with E-state index in [1.165, 1.54) is 51.6 Å². The molecular weight excluding hydrogens is 274 g/mol. The molecule has 2 fully saturated rings. The Morgan fingerprint density at radius 3 is 2.86 bits per heavy atom. The Kier molecular flexibility index (Phi) is 5.01. The fourth-order valence-corrected chi connectivity index (χ4v) is 4.04. The van der Waals surface area contributed by atoms with Crippen molar-refractivity contribution in [3.05, 3.63) is 18.7 Å². The lowest BCUT2D eigenvalue weighted by molar-refractivity contribution is 0.203. The molecule has 3 rings (SSSR count). The van der Waals surface area contributed by atoms with E-state index in [1.54, 1.807) is 0 Å². The summed E-state index contributed by atoms with van der Waals surface area (Å²) in [5, 5.41) is 3.54. The third-order valence-electron chi connectivity index (χ3n) is 5.30. The summed E-state index contributed by atoms with van der Waals surface area (Å²) >= 11 is 0. The molecule has 1 aliphatic heterocycles. The van der Waals surface area contributed by atoms with Gasteiger partial charge in [0.25, 0.3) is 0 Å². The van der Waals surface area contributed by atoms with Gasteiger partial charge in [0.1, 0.15) is 0 Å². The van der Waals surface area contributed by atoms with Gasteiger partial charge in [-0.15, -0.1) is 0 Å². The van der Waals surface area contributed by atoms with Crippen molar-refractivity contribution in [3.63, 3.8) is 0 Å². The van der Waals surface area contributed by atoms with Crippen molar-refractivity contribution < 1.29 is 0 Å². The Hall–Kier alpha value is -1.52. The summed E-state index contributed by atoms with van der Waals surface area (Å²) in [6.07, 6.45) is 15.3. The second-order valence-corrected chi connectivity index (χ2v) is 6.86. The van der Waals surface area contributed by atoms with Gasteiger partial charge < -0.3 is 14.8 Å². The first-order valence-electron chi connectivity index (χ1n) is 8.73. The summed E-state index contributed by atoms with van der Waals surface area (Å²) in [7, 11) is 1.91. The largest absolute Gasteiger partial charge is 0.356 e. The zero-order valence-electron chi connectivity index (χ0n) is 13.8. The van der Waals surface area contributed by atoms with E-state index in [0.717, 1.165) is 25.5 Å². The van der Waals surface area contributed by atoms with Gasteiger partial charge in [0.05, 0.1) is 6.33 Å². The second kappa shape index (κ2) is 7.16. The Balaban J connectivity index is 1.44. The molecule has 2 aliphatic rings. The minimum Gasteiger partial charge on any atom is -0.356 e. The van der Waals surface area contributed by atoms with Crippen molar-refractivity contribution >= 4 is 5.96 Å². The van der Waals surface area contributed by atoms with Crippen molar-refractivity contribution in [1.82, 2.24) is 19.8 Å². The predicted octanol–water partition coefficient (Wildman–Crippen LogP) is 2.50. The maximum atomic E-state index is 4.49. The maximum absolute atomic E-state index is 4.49. The minimum atomic E-state index is 0.590. The van der Waals surface area contributed by atoms with Gasteiger partial charge in [-0.1, -0.05) is 19.3 Å².